The van der Waals surface area contributed by atoms with Crippen molar-refractivity contribution < 1.29 is 23.0 Å². The maximum Gasteiger partial charge on any atom is 0.264 e. The van der Waals surface area contributed by atoms with E-state index in [0.29, 0.717) is 0 Å². The summed E-state index contributed by atoms with van der Waals surface area (Å²) >= 11 is 0. The monoisotopic (exact) mass is 453 g/mol. The smallest absolute Gasteiger partial charge is 0.264 e. The zero-order chi connectivity index (χ0) is 22.9. The second-order valence-electron chi connectivity index (χ2n) is 6.89. The van der Waals surface area contributed by atoms with Gasteiger partial charge in [-0.25, -0.2) is 17.8 Å². The molecule has 2 aromatic heterocycles. The van der Waals surface area contributed by atoms with E-state index in [2.05, 4.69) is 15.0 Å². The molecule has 2 heterocycles. The van der Waals surface area contributed by atoms with Crippen LogP contribution in [0.5, 0.6) is 0 Å². The summed E-state index contributed by atoms with van der Waals surface area (Å²) in [5, 5.41) is 21.3. The Morgan fingerprint density at radius 2 is 1.94 bits per heavy atom. The summed E-state index contributed by atoms with van der Waals surface area (Å²) in [4.78, 5) is 29.3. The van der Waals surface area contributed by atoms with Gasteiger partial charge in [0.2, 0.25) is 10.0 Å². The number of nitrogens with zero attached hydrogens (tertiary/aromatic N) is 3. The van der Waals surface area contributed by atoms with Gasteiger partial charge in [0.05, 0.1) is 48.9 Å². The average molecular weight is 453 g/mol. The number of anilines is 3. The summed E-state index contributed by atoms with van der Waals surface area (Å²) in [7, 11) is -2.18. The molecular weight excluding hydrogens is 433 g/mol. The van der Waals surface area contributed by atoms with Gasteiger partial charge >= 0.3 is 0 Å². The van der Waals surface area contributed by atoms with Crippen LogP contribution < -0.4 is 21.2 Å². The number of nitrogens with one attached hydrogen (secondary N) is 2. The Bertz CT molecular complexity index is 1370. The molecule has 0 fully saturated rings. The molecule has 11 nitrogen and oxygen atoms in total. The van der Waals surface area contributed by atoms with Crippen LogP contribution in [-0.4, -0.2) is 51.7 Å². The third kappa shape index (κ3) is 4.90. The van der Waals surface area contributed by atoms with Crippen molar-refractivity contribution in [1.82, 2.24) is 14.1 Å². The van der Waals surface area contributed by atoms with E-state index in [4.69, 9.17) is 5.11 Å². The normalized spacial score (nSPS) is 12.7. The molecule has 166 valence electrons. The van der Waals surface area contributed by atoms with Crippen molar-refractivity contribution in [2.75, 3.05) is 22.9 Å². The van der Waals surface area contributed by atoms with E-state index in [0.717, 1.165) is 33.9 Å². The fourth-order valence-electron chi connectivity index (χ4n) is 2.92. The van der Waals surface area contributed by atoms with E-state index in [1.54, 1.807) is 0 Å². The Morgan fingerprint density at radius 1 is 1.23 bits per heavy atom. The Hall–Kier alpha value is -3.29. The fraction of sp³-hybridized carbons (Fsp3) is 0.278. The maximum atomic E-state index is 14.5. The van der Waals surface area contributed by atoms with Crippen molar-refractivity contribution in [2.24, 2.45) is 7.05 Å². The molecule has 0 saturated carbocycles. The number of halogens is 1. The second kappa shape index (κ2) is 8.45. The highest BCUT2D eigenvalue weighted by Gasteiger charge is 2.17. The summed E-state index contributed by atoms with van der Waals surface area (Å²) in [6, 6.07) is 4.60. The zero-order valence-electron chi connectivity index (χ0n) is 16.5. The van der Waals surface area contributed by atoms with Gasteiger partial charge in [0.15, 0.2) is 5.65 Å². The Balaban J connectivity index is 2.11. The lowest BCUT2D eigenvalue weighted by atomic mass is 10.2. The SMILES string of the molecule is Cn1c(=O)cc(Nc2ccc(NS(C)(=O)=O)cc2F)c2c(=O)n(C[C@@H](O)CO)cnc21. The minimum absolute atomic E-state index is 0.00129. The molecule has 0 aliphatic rings. The van der Waals surface area contributed by atoms with Crippen molar-refractivity contribution in [1.29, 1.82) is 0 Å². The molecule has 0 spiro atoms. The average Bonchev–Trinajstić information content (AvgIpc) is 2.68. The Morgan fingerprint density at radius 3 is 2.55 bits per heavy atom. The van der Waals surface area contributed by atoms with Crippen LogP contribution in [0.2, 0.25) is 0 Å². The van der Waals surface area contributed by atoms with Crippen molar-refractivity contribution in [3.8, 4) is 0 Å². The van der Waals surface area contributed by atoms with Crippen LogP contribution in [0.15, 0.2) is 40.2 Å². The molecule has 1 aromatic carbocycles. The quantitative estimate of drug-likeness (QED) is 0.380. The number of fused-ring (bicyclic) bond motifs is 1. The molecule has 0 unspecified atom stereocenters. The van der Waals surface area contributed by atoms with Crippen LogP contribution in [0.4, 0.5) is 21.5 Å². The van der Waals surface area contributed by atoms with E-state index in [-0.39, 0.29) is 34.6 Å². The first-order valence-electron chi connectivity index (χ1n) is 8.92. The highest BCUT2D eigenvalue weighted by atomic mass is 32.2. The third-order valence-corrected chi connectivity index (χ3v) is 4.97. The summed E-state index contributed by atoms with van der Waals surface area (Å²) in [5.74, 6) is -0.831. The largest absolute Gasteiger partial charge is 0.394 e. The van der Waals surface area contributed by atoms with Crippen molar-refractivity contribution >= 4 is 38.1 Å². The van der Waals surface area contributed by atoms with Crippen molar-refractivity contribution in [2.45, 2.75) is 12.6 Å². The Kier molecular flexibility index (Phi) is 6.10. The maximum absolute atomic E-state index is 14.5. The number of hydrogen-bond donors (Lipinski definition) is 4. The lowest BCUT2D eigenvalue weighted by Gasteiger charge is -2.15. The molecule has 0 bridgehead atoms. The van der Waals surface area contributed by atoms with Gasteiger partial charge in [-0.05, 0) is 12.1 Å². The number of aromatic nitrogens is 3. The van der Waals surface area contributed by atoms with Gasteiger partial charge in [0, 0.05) is 19.2 Å². The van der Waals surface area contributed by atoms with Crippen LogP contribution in [-0.2, 0) is 23.6 Å². The number of benzene rings is 1. The summed E-state index contributed by atoms with van der Waals surface area (Å²) in [6.45, 7) is -0.803. The molecule has 0 radical (unpaired) electrons. The minimum atomic E-state index is -3.60. The number of hydrogen-bond acceptors (Lipinski definition) is 8. The van der Waals surface area contributed by atoms with Gasteiger partial charge < -0.3 is 15.5 Å². The number of aliphatic hydroxyl groups excluding tert-OH is 2. The molecule has 0 amide bonds. The zero-order valence-corrected chi connectivity index (χ0v) is 17.4. The fourth-order valence-corrected chi connectivity index (χ4v) is 3.48. The number of pyridine rings is 1. The summed E-state index contributed by atoms with van der Waals surface area (Å²) in [5.41, 5.74) is -1.23. The van der Waals surface area contributed by atoms with Gasteiger partial charge in [-0.3, -0.25) is 23.4 Å². The standard InChI is InChI=1S/C18H20FN5O6S/c1-23-15(27)6-14(16-17(23)20-9-24(18(16)28)7-11(26)8-25)21-13-4-3-10(5-12(13)19)22-31(2,29)30/h3-6,9,11,21-22,25-26H,7-8H2,1-2H3/t11-/m1/s1. The van der Waals surface area contributed by atoms with Gasteiger partial charge in [-0.15, -0.1) is 0 Å². The molecule has 4 N–H and O–H groups in total. The topological polar surface area (TPSA) is 156 Å². The predicted octanol–water partition coefficient (Wildman–Crippen LogP) is -0.297. The molecule has 3 aromatic rings. The van der Waals surface area contributed by atoms with Gasteiger partial charge in [-0.1, -0.05) is 0 Å². The first-order valence-corrected chi connectivity index (χ1v) is 10.8. The molecule has 0 aliphatic carbocycles. The molecule has 13 heteroatoms. The van der Waals surface area contributed by atoms with E-state index in [1.165, 1.54) is 19.2 Å². The highest BCUT2D eigenvalue weighted by Crippen LogP contribution is 2.25. The first kappa shape index (κ1) is 22.4. The molecule has 0 aliphatic heterocycles. The van der Waals surface area contributed by atoms with E-state index < -0.39 is 39.7 Å². The predicted molar refractivity (Wildman–Crippen MR) is 112 cm³/mol. The number of aryl methyl sites for hydroxylation is 1. The molecule has 3 rings (SSSR count). The number of sulfonamides is 1. The van der Waals surface area contributed by atoms with E-state index >= 15 is 0 Å². The first-order chi connectivity index (χ1) is 14.5. The molecule has 31 heavy (non-hydrogen) atoms. The summed E-state index contributed by atoms with van der Waals surface area (Å²) in [6.07, 6.45) is 0.862. The van der Waals surface area contributed by atoms with Crippen molar-refractivity contribution in [3.05, 3.63) is 57.1 Å². The lowest BCUT2D eigenvalue weighted by Crippen LogP contribution is -2.31. The van der Waals surface area contributed by atoms with E-state index in [1.807, 2.05) is 0 Å². The molecular formula is C18H20FN5O6S. The van der Waals surface area contributed by atoms with Gasteiger partial charge in [0.1, 0.15) is 11.2 Å². The van der Waals surface area contributed by atoms with E-state index in [9.17, 15) is 27.5 Å². The highest BCUT2D eigenvalue weighted by molar-refractivity contribution is 7.92. The van der Waals surface area contributed by atoms with Gasteiger partial charge in [0.25, 0.3) is 11.1 Å². The third-order valence-electron chi connectivity index (χ3n) is 4.36. The van der Waals surface area contributed by atoms with Crippen LogP contribution >= 0.6 is 0 Å². The summed E-state index contributed by atoms with van der Waals surface area (Å²) < 4.78 is 41.5. The number of rotatable bonds is 7. The van der Waals surface area contributed by atoms with Crippen LogP contribution in [0.3, 0.4) is 0 Å². The van der Waals surface area contributed by atoms with Crippen molar-refractivity contribution in [3.63, 3.8) is 0 Å². The Labute approximate surface area is 175 Å². The van der Waals surface area contributed by atoms with Gasteiger partial charge in [-0.2, -0.15) is 0 Å². The molecule has 0 saturated heterocycles. The second-order valence-corrected chi connectivity index (χ2v) is 8.63. The lowest BCUT2D eigenvalue weighted by molar-refractivity contribution is 0.0802. The number of aliphatic hydroxyl groups is 2. The minimum Gasteiger partial charge on any atom is -0.394 e. The van der Waals surface area contributed by atoms with Crippen LogP contribution in [0.1, 0.15) is 0 Å². The molecule has 1 atom stereocenters. The van der Waals surface area contributed by atoms with Crippen LogP contribution in [0, 0.1) is 5.82 Å². The van der Waals surface area contributed by atoms with Crippen LogP contribution in [0.25, 0.3) is 11.0 Å².